The van der Waals surface area contributed by atoms with Gasteiger partial charge in [0.2, 0.25) is 0 Å². The topological polar surface area (TPSA) is 29.5 Å². The molecule has 10 aromatic rings. The van der Waals surface area contributed by atoms with Crippen molar-refractivity contribution in [1.29, 1.82) is 0 Å². The molecule has 0 saturated carbocycles. The van der Waals surface area contributed by atoms with Gasteiger partial charge in [-0.05, 0) is 75.5 Å². The van der Waals surface area contributed by atoms with Gasteiger partial charge in [-0.15, -0.1) is 0 Å². The molecule has 2 heterocycles. The van der Waals surface area contributed by atoms with Crippen LogP contribution in [0.5, 0.6) is 0 Å². The summed E-state index contributed by atoms with van der Waals surface area (Å²) in [5.74, 6) is 0. The maximum absolute atomic E-state index is 6.74. The number of benzene rings is 8. The highest BCUT2D eigenvalue weighted by atomic mass is 16.3. The Labute approximate surface area is 282 Å². The lowest BCUT2D eigenvalue weighted by atomic mass is 9.94. The number of hydrogen-bond donors (Lipinski definition) is 0. The summed E-state index contributed by atoms with van der Waals surface area (Å²) >= 11 is 0. The molecule has 8 aromatic carbocycles. The average Bonchev–Trinajstić information content (AvgIpc) is 3.75. The van der Waals surface area contributed by atoms with E-state index < -0.39 is 0 Å². The summed E-state index contributed by atoms with van der Waals surface area (Å²) in [6, 6.07) is 61.9. The fourth-order valence-corrected chi connectivity index (χ4v) is 7.40. The third kappa shape index (κ3) is 4.44. The van der Waals surface area contributed by atoms with Crippen LogP contribution in [-0.4, -0.2) is 0 Å². The summed E-state index contributed by atoms with van der Waals surface area (Å²) in [5.41, 5.74) is 11.2. The minimum atomic E-state index is 0.844. The van der Waals surface area contributed by atoms with Crippen molar-refractivity contribution in [3.63, 3.8) is 0 Å². The van der Waals surface area contributed by atoms with Gasteiger partial charge in [-0.2, -0.15) is 0 Å². The normalized spacial score (nSPS) is 11.7. The second-order valence-corrected chi connectivity index (χ2v) is 12.5. The van der Waals surface area contributed by atoms with E-state index in [1.54, 1.807) is 0 Å². The molecule has 0 radical (unpaired) electrons. The molecular formula is C46H29NO2. The van der Waals surface area contributed by atoms with Crippen LogP contribution in [0.4, 0.5) is 17.1 Å². The lowest BCUT2D eigenvalue weighted by Gasteiger charge is -2.26. The van der Waals surface area contributed by atoms with E-state index in [9.17, 15) is 0 Å². The van der Waals surface area contributed by atoms with Crippen molar-refractivity contribution in [3.05, 3.63) is 176 Å². The fraction of sp³-hybridized carbons (Fsp3) is 0. The number of hydrogen-bond acceptors (Lipinski definition) is 3. The van der Waals surface area contributed by atoms with Crippen LogP contribution in [0.3, 0.4) is 0 Å². The van der Waals surface area contributed by atoms with Crippen molar-refractivity contribution in [3.8, 4) is 22.3 Å². The molecule has 230 valence electrons. The Morgan fingerprint density at radius 1 is 0.367 bits per heavy atom. The summed E-state index contributed by atoms with van der Waals surface area (Å²) in [6.07, 6.45) is 0. The monoisotopic (exact) mass is 627 g/mol. The van der Waals surface area contributed by atoms with Crippen LogP contribution < -0.4 is 4.90 Å². The third-order valence-corrected chi connectivity index (χ3v) is 9.68. The summed E-state index contributed by atoms with van der Waals surface area (Å²) < 4.78 is 13.1. The maximum Gasteiger partial charge on any atom is 0.159 e. The first-order chi connectivity index (χ1) is 24.3. The maximum atomic E-state index is 6.74. The van der Waals surface area contributed by atoms with Crippen molar-refractivity contribution in [2.24, 2.45) is 0 Å². The van der Waals surface area contributed by atoms with Gasteiger partial charge in [-0.25, -0.2) is 0 Å². The molecule has 10 rings (SSSR count). The van der Waals surface area contributed by atoms with Gasteiger partial charge in [0.25, 0.3) is 0 Å². The van der Waals surface area contributed by atoms with Crippen LogP contribution >= 0.6 is 0 Å². The molecule has 0 aliphatic carbocycles. The Balaban J connectivity index is 1.18. The van der Waals surface area contributed by atoms with Crippen molar-refractivity contribution in [2.45, 2.75) is 0 Å². The summed E-state index contributed by atoms with van der Waals surface area (Å²) in [6.45, 7) is 0. The van der Waals surface area contributed by atoms with Gasteiger partial charge >= 0.3 is 0 Å². The highest BCUT2D eigenvalue weighted by molar-refractivity contribution is 6.21. The van der Waals surface area contributed by atoms with E-state index in [1.807, 2.05) is 12.1 Å². The largest absolute Gasteiger partial charge is 0.456 e. The van der Waals surface area contributed by atoms with Gasteiger partial charge < -0.3 is 13.7 Å². The second kappa shape index (κ2) is 11.0. The molecule has 49 heavy (non-hydrogen) atoms. The lowest BCUT2D eigenvalue weighted by molar-refractivity contribution is 0.667. The quantitative estimate of drug-likeness (QED) is 0.190. The molecule has 0 aliphatic heterocycles. The predicted octanol–water partition coefficient (Wildman–Crippen LogP) is 13.4. The molecule has 0 spiro atoms. The van der Waals surface area contributed by atoms with Crippen molar-refractivity contribution in [1.82, 2.24) is 0 Å². The molecule has 0 N–H and O–H groups in total. The summed E-state index contributed by atoms with van der Waals surface area (Å²) in [4.78, 5) is 2.28. The van der Waals surface area contributed by atoms with Crippen LogP contribution in [0, 0.1) is 0 Å². The van der Waals surface area contributed by atoms with Crippen LogP contribution in [0.1, 0.15) is 0 Å². The van der Waals surface area contributed by atoms with Crippen molar-refractivity contribution in [2.75, 3.05) is 4.90 Å². The molecule has 0 atom stereocenters. The summed E-state index contributed by atoms with van der Waals surface area (Å²) in [5, 5.41) is 6.82. The van der Waals surface area contributed by atoms with Gasteiger partial charge in [-0.1, -0.05) is 127 Å². The first-order valence-corrected chi connectivity index (χ1v) is 16.6. The van der Waals surface area contributed by atoms with Gasteiger partial charge in [0.05, 0.1) is 11.4 Å². The first kappa shape index (κ1) is 27.5. The van der Waals surface area contributed by atoms with Gasteiger partial charge in [0.1, 0.15) is 16.7 Å². The highest BCUT2D eigenvalue weighted by Crippen LogP contribution is 2.45. The van der Waals surface area contributed by atoms with Crippen LogP contribution in [-0.2, 0) is 0 Å². The predicted molar refractivity (Wildman–Crippen MR) is 204 cm³/mol. The molecule has 2 aromatic heterocycles. The van der Waals surface area contributed by atoms with E-state index in [4.69, 9.17) is 8.83 Å². The molecule has 0 unspecified atom stereocenters. The number of anilines is 3. The molecule has 0 fully saturated rings. The summed E-state index contributed by atoms with van der Waals surface area (Å²) in [7, 11) is 0. The van der Waals surface area contributed by atoms with Crippen LogP contribution in [0.15, 0.2) is 185 Å². The average molecular weight is 628 g/mol. The number of para-hydroxylation sites is 2. The SMILES string of the molecule is c1ccc(-c2ccccc2-c2ccc(N(c3ccc4c(c3)oc3ccccc34)c3cccc4c3oc3ccc5ccccc5c34)cc2)cc1. The first-order valence-electron chi connectivity index (χ1n) is 16.6. The molecule has 0 bridgehead atoms. The Bertz CT molecular complexity index is 2830. The number of fused-ring (bicyclic) bond motifs is 8. The standard InChI is InChI=1S/C46H29NO2/c1-2-11-30(12-3-1)35-14-6-7-15-36(35)32-21-24-33(25-22-32)47(34-26-27-39-38-17-8-9-20-42(38)48-44(39)29-34)41-19-10-18-40-45-37-16-5-4-13-31(37)23-28-43(45)49-46(40)41/h1-29H. The molecule has 0 saturated heterocycles. The zero-order valence-corrected chi connectivity index (χ0v) is 26.5. The third-order valence-electron chi connectivity index (χ3n) is 9.68. The minimum Gasteiger partial charge on any atom is -0.456 e. The van der Waals surface area contributed by atoms with E-state index in [0.717, 1.165) is 66.5 Å². The van der Waals surface area contributed by atoms with Crippen molar-refractivity contribution >= 4 is 71.7 Å². The second-order valence-electron chi connectivity index (χ2n) is 12.5. The Hall–Kier alpha value is -6.58. The van der Waals surface area contributed by atoms with Crippen LogP contribution in [0.25, 0.3) is 76.9 Å². The minimum absolute atomic E-state index is 0.844. The number of furan rings is 2. The lowest BCUT2D eigenvalue weighted by Crippen LogP contribution is -2.10. The van der Waals surface area contributed by atoms with E-state index in [2.05, 4.69) is 169 Å². The fourth-order valence-electron chi connectivity index (χ4n) is 7.40. The van der Waals surface area contributed by atoms with Crippen LogP contribution in [0.2, 0.25) is 0 Å². The molecular weight excluding hydrogens is 599 g/mol. The Morgan fingerprint density at radius 2 is 1.02 bits per heavy atom. The molecule has 3 heteroatoms. The highest BCUT2D eigenvalue weighted by Gasteiger charge is 2.21. The van der Waals surface area contributed by atoms with E-state index >= 15 is 0 Å². The van der Waals surface area contributed by atoms with Gasteiger partial charge in [0.15, 0.2) is 5.58 Å². The van der Waals surface area contributed by atoms with Crippen molar-refractivity contribution < 1.29 is 8.83 Å². The van der Waals surface area contributed by atoms with E-state index in [1.165, 1.54) is 27.5 Å². The molecule has 3 nitrogen and oxygen atoms in total. The van der Waals surface area contributed by atoms with Gasteiger partial charge in [0, 0.05) is 33.3 Å². The Kier molecular flexibility index (Phi) is 6.18. The molecule has 0 aliphatic rings. The zero-order valence-electron chi connectivity index (χ0n) is 26.5. The Morgan fingerprint density at radius 3 is 1.86 bits per heavy atom. The number of rotatable bonds is 5. The zero-order chi connectivity index (χ0) is 32.3. The smallest absolute Gasteiger partial charge is 0.159 e. The van der Waals surface area contributed by atoms with E-state index in [0.29, 0.717) is 0 Å². The van der Waals surface area contributed by atoms with E-state index in [-0.39, 0.29) is 0 Å². The van der Waals surface area contributed by atoms with Gasteiger partial charge in [-0.3, -0.25) is 0 Å². The number of nitrogens with zero attached hydrogens (tertiary/aromatic N) is 1. The molecule has 0 amide bonds.